The highest BCUT2D eigenvalue weighted by atomic mass is 15.2. The van der Waals surface area contributed by atoms with Crippen LogP contribution in [-0.4, -0.2) is 28.0 Å². The van der Waals surface area contributed by atoms with Gasteiger partial charge in [0.15, 0.2) is 5.82 Å². The molecule has 0 unspecified atom stereocenters. The Morgan fingerprint density at radius 2 is 2.06 bits per heavy atom. The second-order valence-electron chi connectivity index (χ2n) is 4.05. The zero-order valence-electron chi connectivity index (χ0n) is 9.30. The highest BCUT2D eigenvalue weighted by molar-refractivity contribution is 5.85. The molecule has 1 fully saturated rings. The first-order valence-corrected chi connectivity index (χ1v) is 5.66. The summed E-state index contributed by atoms with van der Waals surface area (Å²) in [5.41, 5.74) is 1.52. The maximum absolute atomic E-state index is 8.95. The van der Waals surface area contributed by atoms with Gasteiger partial charge in [-0.3, -0.25) is 4.98 Å². The summed E-state index contributed by atoms with van der Waals surface area (Å²) < 4.78 is 0. The van der Waals surface area contributed by atoms with Crippen LogP contribution in [0.4, 0.5) is 5.82 Å². The molecule has 2 aromatic rings. The minimum absolute atomic E-state index is 0.215. The lowest BCUT2D eigenvalue weighted by Crippen LogP contribution is -2.20. The quantitative estimate of drug-likeness (QED) is 0.735. The van der Waals surface area contributed by atoms with Gasteiger partial charge >= 0.3 is 0 Å². The monoisotopic (exact) mass is 225 g/mol. The average molecular weight is 225 g/mol. The van der Waals surface area contributed by atoms with E-state index in [1.54, 1.807) is 6.20 Å². The molecule has 5 nitrogen and oxygen atoms in total. The summed E-state index contributed by atoms with van der Waals surface area (Å²) in [6.07, 6.45) is 4.07. The fraction of sp³-hybridized carbons (Fsp3) is 0.333. The summed E-state index contributed by atoms with van der Waals surface area (Å²) in [5.74, 6) is 1.01. The first-order valence-electron chi connectivity index (χ1n) is 5.66. The van der Waals surface area contributed by atoms with E-state index in [4.69, 9.17) is 5.26 Å². The zero-order valence-corrected chi connectivity index (χ0v) is 9.30. The molecule has 84 valence electrons. The Morgan fingerprint density at radius 1 is 1.24 bits per heavy atom. The fourth-order valence-corrected chi connectivity index (χ4v) is 2.15. The van der Waals surface area contributed by atoms with Crippen molar-refractivity contribution >= 4 is 16.9 Å². The van der Waals surface area contributed by atoms with Crippen LogP contribution in [0.25, 0.3) is 11.0 Å². The normalized spacial score (nSPS) is 15.1. The standard InChI is InChI=1S/C12H11N5/c13-8-10-15-9-4-3-5-14-11(9)12(16-10)17-6-1-2-7-17/h3-5H,1-2,6-7H2. The maximum atomic E-state index is 8.95. The summed E-state index contributed by atoms with van der Waals surface area (Å²) in [6, 6.07) is 5.70. The number of hydrogen-bond donors (Lipinski definition) is 0. The molecule has 0 atom stereocenters. The topological polar surface area (TPSA) is 65.7 Å². The van der Waals surface area contributed by atoms with E-state index in [1.807, 2.05) is 18.2 Å². The Bertz CT molecular complexity index is 595. The summed E-state index contributed by atoms with van der Waals surface area (Å²) >= 11 is 0. The van der Waals surface area contributed by atoms with Crippen molar-refractivity contribution < 1.29 is 0 Å². The molecule has 1 saturated heterocycles. The smallest absolute Gasteiger partial charge is 0.234 e. The van der Waals surface area contributed by atoms with Crippen LogP contribution in [0, 0.1) is 11.3 Å². The predicted molar refractivity (Wildman–Crippen MR) is 63.5 cm³/mol. The molecule has 0 saturated carbocycles. The average Bonchev–Trinajstić information content (AvgIpc) is 2.91. The molecular weight excluding hydrogens is 214 g/mol. The maximum Gasteiger partial charge on any atom is 0.234 e. The molecule has 0 N–H and O–H groups in total. The molecule has 0 amide bonds. The van der Waals surface area contributed by atoms with Crippen molar-refractivity contribution in [2.45, 2.75) is 12.8 Å². The van der Waals surface area contributed by atoms with Crippen LogP contribution in [0.1, 0.15) is 18.7 Å². The van der Waals surface area contributed by atoms with Gasteiger partial charge in [-0.25, -0.2) is 4.98 Å². The zero-order chi connectivity index (χ0) is 11.7. The summed E-state index contributed by atoms with van der Waals surface area (Å²) in [4.78, 5) is 15.0. The van der Waals surface area contributed by atoms with Crippen molar-refractivity contribution in [2.24, 2.45) is 0 Å². The van der Waals surface area contributed by atoms with Crippen LogP contribution in [0.2, 0.25) is 0 Å². The third-order valence-corrected chi connectivity index (χ3v) is 2.94. The van der Waals surface area contributed by atoms with Crippen molar-refractivity contribution in [3.63, 3.8) is 0 Å². The molecule has 0 radical (unpaired) electrons. The molecule has 1 aliphatic heterocycles. The fourth-order valence-electron chi connectivity index (χ4n) is 2.15. The van der Waals surface area contributed by atoms with Crippen LogP contribution in [0.5, 0.6) is 0 Å². The van der Waals surface area contributed by atoms with Gasteiger partial charge in [-0.2, -0.15) is 10.2 Å². The van der Waals surface area contributed by atoms with Gasteiger partial charge in [0.1, 0.15) is 11.6 Å². The molecule has 17 heavy (non-hydrogen) atoms. The van der Waals surface area contributed by atoms with Crippen LogP contribution in [0.3, 0.4) is 0 Å². The first kappa shape index (κ1) is 9.97. The molecule has 3 heterocycles. The Labute approximate surface area is 98.7 Å². The second-order valence-corrected chi connectivity index (χ2v) is 4.05. The summed E-state index contributed by atoms with van der Waals surface area (Å²) in [7, 11) is 0. The van der Waals surface area contributed by atoms with Gasteiger partial charge in [-0.05, 0) is 25.0 Å². The molecule has 0 aliphatic carbocycles. The van der Waals surface area contributed by atoms with Crippen LogP contribution in [0.15, 0.2) is 18.3 Å². The number of pyridine rings is 1. The van der Waals surface area contributed by atoms with Crippen molar-refractivity contribution in [3.8, 4) is 6.07 Å². The second kappa shape index (κ2) is 3.98. The number of nitriles is 1. The molecule has 5 heteroatoms. The van der Waals surface area contributed by atoms with E-state index in [9.17, 15) is 0 Å². The lowest BCUT2D eigenvalue weighted by atomic mass is 10.3. The Balaban J connectivity index is 2.23. The third kappa shape index (κ3) is 1.68. The number of fused-ring (bicyclic) bond motifs is 1. The lowest BCUT2D eigenvalue weighted by molar-refractivity contribution is 0.930. The third-order valence-electron chi connectivity index (χ3n) is 2.94. The van der Waals surface area contributed by atoms with Gasteiger partial charge in [0.2, 0.25) is 5.82 Å². The number of anilines is 1. The van der Waals surface area contributed by atoms with E-state index >= 15 is 0 Å². The van der Waals surface area contributed by atoms with Gasteiger partial charge in [0.25, 0.3) is 0 Å². The summed E-state index contributed by atoms with van der Waals surface area (Å²) in [6.45, 7) is 1.96. The van der Waals surface area contributed by atoms with E-state index in [0.717, 1.165) is 29.9 Å². The van der Waals surface area contributed by atoms with E-state index in [1.165, 1.54) is 12.8 Å². The van der Waals surface area contributed by atoms with Crippen molar-refractivity contribution in [2.75, 3.05) is 18.0 Å². The van der Waals surface area contributed by atoms with E-state index in [0.29, 0.717) is 0 Å². The van der Waals surface area contributed by atoms with E-state index in [-0.39, 0.29) is 5.82 Å². The largest absolute Gasteiger partial charge is 0.355 e. The number of hydrogen-bond acceptors (Lipinski definition) is 5. The molecule has 0 bridgehead atoms. The van der Waals surface area contributed by atoms with Crippen molar-refractivity contribution in [1.29, 1.82) is 5.26 Å². The molecule has 0 aromatic carbocycles. The molecule has 1 aliphatic rings. The minimum Gasteiger partial charge on any atom is -0.355 e. The van der Waals surface area contributed by atoms with Gasteiger partial charge in [0.05, 0.1) is 5.52 Å². The van der Waals surface area contributed by atoms with Gasteiger partial charge in [-0.1, -0.05) is 0 Å². The summed E-state index contributed by atoms with van der Waals surface area (Å²) in [5, 5.41) is 8.95. The van der Waals surface area contributed by atoms with Gasteiger partial charge < -0.3 is 4.90 Å². The first-order chi connectivity index (χ1) is 8.38. The molecule has 3 rings (SSSR count). The van der Waals surface area contributed by atoms with E-state index < -0.39 is 0 Å². The number of aromatic nitrogens is 3. The van der Waals surface area contributed by atoms with Gasteiger partial charge in [-0.15, -0.1) is 0 Å². The molecular formula is C12H11N5. The molecule has 2 aromatic heterocycles. The van der Waals surface area contributed by atoms with E-state index in [2.05, 4.69) is 19.9 Å². The number of rotatable bonds is 1. The molecule has 0 spiro atoms. The number of nitrogens with zero attached hydrogens (tertiary/aromatic N) is 5. The highest BCUT2D eigenvalue weighted by Gasteiger charge is 2.18. The minimum atomic E-state index is 0.215. The van der Waals surface area contributed by atoms with Gasteiger partial charge in [0, 0.05) is 19.3 Å². The SMILES string of the molecule is N#Cc1nc(N2CCCC2)c2ncccc2n1. The van der Waals surface area contributed by atoms with Crippen LogP contribution in [-0.2, 0) is 0 Å². The van der Waals surface area contributed by atoms with Crippen molar-refractivity contribution in [3.05, 3.63) is 24.2 Å². The Hall–Kier alpha value is -2.22. The van der Waals surface area contributed by atoms with Crippen molar-refractivity contribution in [1.82, 2.24) is 15.0 Å². The highest BCUT2D eigenvalue weighted by Crippen LogP contribution is 2.24. The van der Waals surface area contributed by atoms with Crippen LogP contribution >= 0.6 is 0 Å². The lowest BCUT2D eigenvalue weighted by Gasteiger charge is -2.17. The Morgan fingerprint density at radius 3 is 2.82 bits per heavy atom. The Kier molecular flexibility index (Phi) is 2.33. The van der Waals surface area contributed by atoms with Crippen LogP contribution < -0.4 is 4.90 Å². The predicted octanol–water partition coefficient (Wildman–Crippen LogP) is 1.50.